The topological polar surface area (TPSA) is 0 Å². The normalized spacial score (nSPS) is 10.8. The van der Waals surface area contributed by atoms with E-state index in [0.717, 1.165) is 5.57 Å². The summed E-state index contributed by atoms with van der Waals surface area (Å²) in [6, 6.07) is 10.6. The molecular formula is C26H38Y2-4. The van der Waals surface area contributed by atoms with Crippen LogP contribution in [0, 0.1) is 36.6 Å². The Kier molecular flexibility index (Phi) is 21.9. The largest absolute Gasteiger partial charge is 0.394 e. The molecule has 1 rings (SSSR count). The Morgan fingerprint density at radius 3 is 1.39 bits per heavy atom. The minimum Gasteiger partial charge on any atom is -0.394 e. The molecule has 0 unspecified atom stereocenters. The molecule has 0 saturated carbocycles. The van der Waals surface area contributed by atoms with Gasteiger partial charge in [-0.25, -0.2) is 0 Å². The predicted molar refractivity (Wildman–Crippen MR) is 117 cm³/mol. The van der Waals surface area contributed by atoms with Gasteiger partial charge in [0, 0.05) is 65.4 Å². The molecule has 0 spiro atoms. The summed E-state index contributed by atoms with van der Waals surface area (Å²) in [6.07, 6.45) is 7.74. The summed E-state index contributed by atoms with van der Waals surface area (Å²) >= 11 is 0. The van der Waals surface area contributed by atoms with E-state index in [1.54, 1.807) is 6.08 Å². The van der Waals surface area contributed by atoms with Gasteiger partial charge >= 0.3 is 0 Å². The van der Waals surface area contributed by atoms with E-state index in [4.69, 9.17) is 19.7 Å². The first-order chi connectivity index (χ1) is 11.6. The molecular weight excluding hydrogens is 490 g/mol. The molecule has 28 heavy (non-hydrogen) atoms. The number of rotatable bonds is 2. The second-order valence-electron chi connectivity index (χ2n) is 9.24. The molecule has 0 N–H and O–H groups in total. The van der Waals surface area contributed by atoms with Crippen LogP contribution in [0.2, 0.25) is 0 Å². The van der Waals surface area contributed by atoms with E-state index in [1.165, 1.54) is 17.7 Å². The fourth-order valence-corrected chi connectivity index (χ4v) is 1.49. The SMILES string of the molecule is CC(C)(C)c1ccccc1.[CH-]=CC(=[CH-])C(C)(C)C.[CH-]=CC=[C-]C(C)(C)C.[Y].[Y]. The Bertz CT molecular complexity index is 559. The van der Waals surface area contributed by atoms with Crippen LogP contribution in [-0.2, 0) is 70.8 Å². The minimum atomic E-state index is 0. The molecule has 0 aliphatic heterocycles. The molecule has 0 amide bonds. The van der Waals surface area contributed by atoms with E-state index >= 15 is 0 Å². The molecule has 0 nitrogen and oxygen atoms in total. The number of allylic oxidation sites excluding steroid dienone is 5. The molecule has 0 saturated heterocycles. The van der Waals surface area contributed by atoms with Gasteiger partial charge in [0.1, 0.15) is 0 Å². The Morgan fingerprint density at radius 2 is 1.25 bits per heavy atom. The second-order valence-corrected chi connectivity index (χ2v) is 9.24. The van der Waals surface area contributed by atoms with Crippen LogP contribution >= 0.6 is 0 Å². The van der Waals surface area contributed by atoms with Crippen molar-refractivity contribution in [1.29, 1.82) is 0 Å². The summed E-state index contributed by atoms with van der Waals surface area (Å²) < 4.78 is 0. The van der Waals surface area contributed by atoms with Crippen molar-refractivity contribution in [1.82, 2.24) is 0 Å². The second kappa shape index (κ2) is 17.1. The first-order valence-corrected chi connectivity index (χ1v) is 9.03. The van der Waals surface area contributed by atoms with Crippen molar-refractivity contribution in [3.63, 3.8) is 0 Å². The summed E-state index contributed by atoms with van der Waals surface area (Å²) in [7, 11) is 0. The summed E-state index contributed by atoms with van der Waals surface area (Å²) in [5, 5.41) is 0. The zero-order valence-corrected chi connectivity index (χ0v) is 25.2. The molecule has 0 aromatic heterocycles. The third kappa shape index (κ3) is 22.7. The van der Waals surface area contributed by atoms with Crippen LogP contribution in [0.15, 0.2) is 54.1 Å². The average Bonchev–Trinajstić information content (AvgIpc) is 2.52. The van der Waals surface area contributed by atoms with Crippen molar-refractivity contribution in [3.05, 3.63) is 85.5 Å². The monoisotopic (exact) mass is 528 g/mol. The Hall–Kier alpha value is 0.388. The Balaban J connectivity index is -0.000000151. The van der Waals surface area contributed by atoms with Gasteiger partial charge in [0.25, 0.3) is 0 Å². The third-order valence-electron chi connectivity index (χ3n) is 3.30. The van der Waals surface area contributed by atoms with Crippen molar-refractivity contribution >= 4 is 0 Å². The summed E-state index contributed by atoms with van der Waals surface area (Å²) in [5.74, 6) is 0. The Morgan fingerprint density at radius 1 is 0.821 bits per heavy atom. The summed E-state index contributed by atoms with van der Waals surface area (Å²) in [4.78, 5) is 0. The predicted octanol–water partition coefficient (Wildman–Crippen LogP) is 7.74. The van der Waals surface area contributed by atoms with Gasteiger partial charge in [-0.3, -0.25) is 0 Å². The molecule has 2 heteroatoms. The van der Waals surface area contributed by atoms with Crippen LogP contribution in [0.4, 0.5) is 0 Å². The van der Waals surface area contributed by atoms with Gasteiger partial charge in [0.15, 0.2) is 0 Å². The van der Waals surface area contributed by atoms with Crippen molar-refractivity contribution in [2.75, 3.05) is 0 Å². The standard InChI is InChI=1S/C10H14.2C8H12.2Y/c1-10(2,3)9-7-5-4-6-8-9;1-6-7(2)8(3,4)5;1-5-6-7-8(2,3)4;;/h4-8H,1-3H3;1-2,6H,3-5H3;1,5-6H,2-4H3;;/q;2*-2;;. The third-order valence-corrected chi connectivity index (χ3v) is 3.30. The van der Waals surface area contributed by atoms with Gasteiger partial charge in [-0.15, -0.1) is 10.8 Å². The van der Waals surface area contributed by atoms with E-state index < -0.39 is 0 Å². The molecule has 0 aliphatic carbocycles. The number of hydrogen-bond acceptors (Lipinski definition) is 0. The summed E-state index contributed by atoms with van der Waals surface area (Å²) in [6.45, 7) is 34.7. The zero-order valence-electron chi connectivity index (χ0n) is 19.5. The molecule has 152 valence electrons. The average molecular weight is 528 g/mol. The van der Waals surface area contributed by atoms with Gasteiger partial charge in [0.05, 0.1) is 0 Å². The van der Waals surface area contributed by atoms with Gasteiger partial charge < -0.3 is 49.6 Å². The molecule has 1 aromatic rings. The van der Waals surface area contributed by atoms with Crippen LogP contribution < -0.4 is 0 Å². The molecule has 1 aromatic carbocycles. The van der Waals surface area contributed by atoms with Crippen LogP contribution in [0.1, 0.15) is 67.9 Å². The van der Waals surface area contributed by atoms with Gasteiger partial charge in [-0.2, -0.15) is 0 Å². The van der Waals surface area contributed by atoms with E-state index in [2.05, 4.69) is 78.0 Å². The summed E-state index contributed by atoms with van der Waals surface area (Å²) in [5.41, 5.74) is 2.58. The van der Waals surface area contributed by atoms with Gasteiger partial charge in [0.2, 0.25) is 0 Å². The van der Waals surface area contributed by atoms with Crippen molar-refractivity contribution in [3.8, 4) is 0 Å². The minimum absolute atomic E-state index is 0. The van der Waals surface area contributed by atoms with Crippen molar-refractivity contribution < 1.29 is 65.4 Å². The number of benzene rings is 1. The fraction of sp³-hybridized carbons (Fsp3) is 0.462. The molecule has 0 aliphatic rings. The Labute approximate surface area is 227 Å². The maximum atomic E-state index is 5.49. The molecule has 2 radical (unpaired) electrons. The molecule has 0 bridgehead atoms. The molecule has 0 fully saturated rings. The maximum absolute atomic E-state index is 5.49. The van der Waals surface area contributed by atoms with Gasteiger partial charge in [-0.1, -0.05) is 92.6 Å². The quantitative estimate of drug-likeness (QED) is 0.272. The maximum Gasteiger partial charge on any atom is 0 e. The molecule has 0 heterocycles. The van der Waals surface area contributed by atoms with Crippen molar-refractivity contribution in [2.45, 2.75) is 67.7 Å². The molecule has 0 atom stereocenters. The first-order valence-electron chi connectivity index (χ1n) is 9.03. The van der Waals surface area contributed by atoms with E-state index in [9.17, 15) is 0 Å². The smallest absolute Gasteiger partial charge is 0 e. The van der Waals surface area contributed by atoms with E-state index in [1.807, 2.05) is 20.8 Å². The first kappa shape index (κ1) is 35.8. The van der Waals surface area contributed by atoms with Crippen LogP contribution in [0.5, 0.6) is 0 Å². The van der Waals surface area contributed by atoms with Crippen molar-refractivity contribution in [2.24, 2.45) is 10.8 Å². The van der Waals surface area contributed by atoms with Crippen LogP contribution in [0.25, 0.3) is 0 Å². The zero-order chi connectivity index (χ0) is 21.0. The van der Waals surface area contributed by atoms with Crippen LogP contribution in [0.3, 0.4) is 0 Å². The van der Waals surface area contributed by atoms with Crippen LogP contribution in [-0.4, -0.2) is 0 Å². The van der Waals surface area contributed by atoms with E-state index in [0.29, 0.717) is 5.41 Å². The van der Waals surface area contributed by atoms with E-state index in [-0.39, 0.29) is 76.2 Å². The number of hydrogen-bond donors (Lipinski definition) is 0. The van der Waals surface area contributed by atoms with Gasteiger partial charge in [-0.05, 0) is 11.0 Å². The fourth-order valence-electron chi connectivity index (χ4n) is 1.49.